The second-order valence-electron chi connectivity index (χ2n) is 3.12. The Labute approximate surface area is 110 Å². The van der Waals surface area contributed by atoms with E-state index >= 15 is 0 Å². The van der Waals surface area contributed by atoms with Gasteiger partial charge >= 0.3 is 0 Å². The monoisotopic (exact) mass is 319 g/mol. The van der Waals surface area contributed by atoms with E-state index in [1.165, 1.54) is 6.08 Å². The fourth-order valence-corrected chi connectivity index (χ4v) is 2.81. The van der Waals surface area contributed by atoms with E-state index in [0.29, 0.717) is 20.1 Å². The Bertz CT molecular complexity index is 517. The van der Waals surface area contributed by atoms with E-state index in [2.05, 4.69) is 21.2 Å². The molecule has 3 nitrogen and oxygen atoms in total. The lowest BCUT2D eigenvalue weighted by molar-refractivity contribution is -0.123. The summed E-state index contributed by atoms with van der Waals surface area (Å²) in [4.78, 5) is 22.5. The van der Waals surface area contributed by atoms with Gasteiger partial charge < -0.3 is 0 Å². The molecule has 6 heteroatoms. The van der Waals surface area contributed by atoms with E-state index in [1.807, 2.05) is 0 Å². The number of carbonyl (C=O) groups excluding carboxylic acids is 2. The van der Waals surface area contributed by atoms with E-state index in [0.717, 1.165) is 0 Å². The maximum Gasteiger partial charge on any atom is 0.259 e. The van der Waals surface area contributed by atoms with Gasteiger partial charge in [0, 0.05) is 16.1 Å². The lowest BCUT2D eigenvalue weighted by Gasteiger charge is -2.06. The quantitative estimate of drug-likeness (QED) is 0.809. The van der Waals surface area contributed by atoms with E-state index in [-0.39, 0.29) is 5.57 Å². The molecule has 0 unspecified atom stereocenters. The number of nitrogens with one attached hydrogen (secondary N) is 1. The lowest BCUT2D eigenvalue weighted by atomic mass is 10.1. The maximum absolute atomic E-state index is 11.4. The van der Waals surface area contributed by atoms with Gasteiger partial charge in [0.05, 0.1) is 15.6 Å². The first-order valence-corrected chi connectivity index (χ1v) is 5.76. The summed E-state index contributed by atoms with van der Waals surface area (Å²) in [5.41, 5.74) is 0.558. The second kappa shape index (κ2) is 4.20. The third kappa shape index (κ3) is 2.00. The average molecular weight is 321 g/mol. The molecule has 0 radical (unpaired) electrons. The number of amides is 2. The van der Waals surface area contributed by atoms with Crippen LogP contribution >= 0.6 is 39.1 Å². The van der Waals surface area contributed by atoms with Gasteiger partial charge in [0.25, 0.3) is 11.8 Å². The molecule has 16 heavy (non-hydrogen) atoms. The van der Waals surface area contributed by atoms with Crippen molar-refractivity contribution in [3.8, 4) is 0 Å². The van der Waals surface area contributed by atoms with Crippen molar-refractivity contribution in [3.63, 3.8) is 0 Å². The van der Waals surface area contributed by atoms with Gasteiger partial charge in [-0.25, -0.2) is 0 Å². The summed E-state index contributed by atoms with van der Waals surface area (Å²) in [6.07, 6.45) is 1.18. The molecule has 1 aliphatic rings. The molecule has 0 aliphatic carbocycles. The van der Waals surface area contributed by atoms with Crippen LogP contribution in [0, 0.1) is 0 Å². The van der Waals surface area contributed by atoms with Gasteiger partial charge in [-0.05, 0) is 12.1 Å². The van der Waals surface area contributed by atoms with Gasteiger partial charge in [0.15, 0.2) is 0 Å². The number of hydrogen-bond donors (Lipinski definition) is 1. The third-order valence-electron chi connectivity index (χ3n) is 2.03. The minimum absolute atomic E-state index is 0.188. The number of rotatable bonds is 1. The van der Waals surface area contributed by atoms with Crippen molar-refractivity contribution in [3.05, 3.63) is 38.3 Å². The molecule has 0 saturated heterocycles. The first-order chi connectivity index (χ1) is 7.49. The molecule has 2 rings (SSSR count). The minimum Gasteiger partial charge on any atom is -0.289 e. The third-order valence-corrected chi connectivity index (χ3v) is 3.09. The molecule has 0 aromatic heterocycles. The van der Waals surface area contributed by atoms with E-state index in [1.54, 1.807) is 12.1 Å². The summed E-state index contributed by atoms with van der Waals surface area (Å²) in [6.45, 7) is 0. The van der Waals surface area contributed by atoms with Crippen LogP contribution in [-0.4, -0.2) is 11.8 Å². The maximum atomic E-state index is 11.4. The van der Waals surface area contributed by atoms with Gasteiger partial charge in [0.1, 0.15) is 0 Å². The molecule has 0 fully saturated rings. The van der Waals surface area contributed by atoms with Gasteiger partial charge in [-0.15, -0.1) is 0 Å². The molecular weight excluding hydrogens is 317 g/mol. The molecule has 0 bridgehead atoms. The number of benzene rings is 1. The second-order valence-corrected chi connectivity index (χ2v) is 4.85. The van der Waals surface area contributed by atoms with Crippen LogP contribution in [0.25, 0.3) is 5.57 Å². The Kier molecular flexibility index (Phi) is 3.06. The first-order valence-electron chi connectivity index (χ1n) is 4.21. The summed E-state index contributed by atoms with van der Waals surface area (Å²) in [5, 5.41) is 2.77. The summed E-state index contributed by atoms with van der Waals surface area (Å²) in [6, 6.07) is 3.22. The Balaban J connectivity index is 2.61. The Morgan fingerprint density at radius 1 is 1.12 bits per heavy atom. The summed E-state index contributed by atoms with van der Waals surface area (Å²) >= 11 is 15.2. The molecule has 1 N–H and O–H groups in total. The number of imide groups is 1. The van der Waals surface area contributed by atoms with Crippen LogP contribution in [0.15, 0.2) is 22.7 Å². The lowest BCUT2D eigenvalue weighted by Crippen LogP contribution is -2.21. The molecule has 1 heterocycles. The van der Waals surface area contributed by atoms with Crippen molar-refractivity contribution >= 4 is 56.5 Å². The van der Waals surface area contributed by atoms with Crippen LogP contribution in [-0.2, 0) is 9.59 Å². The van der Waals surface area contributed by atoms with Crippen LogP contribution in [0.1, 0.15) is 5.56 Å². The van der Waals surface area contributed by atoms with Crippen molar-refractivity contribution in [2.45, 2.75) is 0 Å². The molecule has 1 aromatic carbocycles. The van der Waals surface area contributed by atoms with Gasteiger partial charge in [0.2, 0.25) is 0 Å². The fourth-order valence-electron chi connectivity index (χ4n) is 1.40. The number of hydrogen-bond acceptors (Lipinski definition) is 2. The largest absolute Gasteiger partial charge is 0.289 e. The van der Waals surface area contributed by atoms with Crippen molar-refractivity contribution in [1.29, 1.82) is 0 Å². The summed E-state index contributed by atoms with van der Waals surface area (Å²) in [5.74, 6) is -0.953. The highest BCUT2D eigenvalue weighted by atomic mass is 79.9. The zero-order valence-electron chi connectivity index (χ0n) is 7.68. The summed E-state index contributed by atoms with van der Waals surface area (Å²) < 4.78 is 0.705. The van der Waals surface area contributed by atoms with E-state index < -0.39 is 11.8 Å². The first kappa shape index (κ1) is 11.6. The molecule has 0 atom stereocenters. The Morgan fingerprint density at radius 2 is 1.69 bits per heavy atom. The fraction of sp³-hybridized carbons (Fsp3) is 0. The highest BCUT2D eigenvalue weighted by Crippen LogP contribution is 2.35. The molecule has 0 spiro atoms. The van der Waals surface area contributed by atoms with E-state index in [4.69, 9.17) is 23.2 Å². The SMILES string of the molecule is O=C1C=C(c2c(Cl)cc(Br)cc2Cl)C(=O)N1. The smallest absolute Gasteiger partial charge is 0.259 e. The Hall–Kier alpha value is -0.840. The van der Waals surface area contributed by atoms with Crippen molar-refractivity contribution in [1.82, 2.24) is 5.32 Å². The van der Waals surface area contributed by atoms with Crippen LogP contribution in [0.4, 0.5) is 0 Å². The predicted octanol–water partition coefficient (Wildman–Crippen LogP) is 2.80. The number of carbonyl (C=O) groups is 2. The highest BCUT2D eigenvalue weighted by Gasteiger charge is 2.25. The zero-order chi connectivity index (χ0) is 11.9. The molecule has 0 saturated carbocycles. The standard InChI is InChI=1S/C10H4BrCl2NO2/c11-4-1-6(12)9(7(13)2-4)5-3-8(15)14-10(5)16/h1-3H,(H,14,15,16). The zero-order valence-corrected chi connectivity index (χ0v) is 10.8. The predicted molar refractivity (Wildman–Crippen MR) is 65.3 cm³/mol. The topological polar surface area (TPSA) is 46.2 Å². The average Bonchev–Trinajstić information content (AvgIpc) is 2.43. The van der Waals surface area contributed by atoms with E-state index in [9.17, 15) is 9.59 Å². The number of halogens is 3. The normalized spacial score (nSPS) is 15.1. The summed E-state index contributed by atoms with van der Waals surface area (Å²) in [7, 11) is 0. The van der Waals surface area contributed by atoms with Crippen LogP contribution in [0.5, 0.6) is 0 Å². The van der Waals surface area contributed by atoms with Gasteiger partial charge in [-0.2, -0.15) is 0 Å². The molecular formula is C10H4BrCl2NO2. The molecule has 1 aliphatic heterocycles. The van der Waals surface area contributed by atoms with Gasteiger partial charge in [-0.1, -0.05) is 39.1 Å². The van der Waals surface area contributed by atoms with Crippen molar-refractivity contribution in [2.75, 3.05) is 0 Å². The van der Waals surface area contributed by atoms with Crippen LogP contribution in [0.2, 0.25) is 10.0 Å². The minimum atomic E-state index is -0.490. The van der Waals surface area contributed by atoms with Gasteiger partial charge in [-0.3, -0.25) is 14.9 Å². The highest BCUT2D eigenvalue weighted by molar-refractivity contribution is 9.10. The Morgan fingerprint density at radius 3 is 2.12 bits per heavy atom. The van der Waals surface area contributed by atoms with Crippen molar-refractivity contribution < 1.29 is 9.59 Å². The van der Waals surface area contributed by atoms with Crippen LogP contribution < -0.4 is 5.32 Å². The van der Waals surface area contributed by atoms with Crippen molar-refractivity contribution in [2.24, 2.45) is 0 Å². The van der Waals surface area contributed by atoms with Crippen LogP contribution in [0.3, 0.4) is 0 Å². The molecule has 1 aromatic rings. The molecule has 82 valence electrons. The molecule has 2 amide bonds.